The molecule has 1 aromatic carbocycles. The fourth-order valence-corrected chi connectivity index (χ4v) is 4.16. The number of likely N-dealkylation sites (tertiary alicyclic amines) is 1. The maximum absolute atomic E-state index is 10.9. The summed E-state index contributed by atoms with van der Waals surface area (Å²) in [6.45, 7) is 3.46. The van der Waals surface area contributed by atoms with E-state index in [0.29, 0.717) is 12.1 Å². The van der Waals surface area contributed by atoms with E-state index in [0.717, 1.165) is 12.8 Å². The highest BCUT2D eigenvalue weighted by atomic mass is 16.3. The van der Waals surface area contributed by atoms with Crippen LogP contribution in [0.15, 0.2) is 24.3 Å². The molecule has 0 bridgehead atoms. The maximum atomic E-state index is 10.9. The van der Waals surface area contributed by atoms with Gasteiger partial charge in [0.05, 0.1) is 6.10 Å². The van der Waals surface area contributed by atoms with Crippen LogP contribution in [0.2, 0.25) is 0 Å². The Labute approximate surface area is 122 Å². The average molecular weight is 273 g/mol. The quantitative estimate of drug-likeness (QED) is 0.831. The molecule has 1 aliphatic heterocycles. The van der Waals surface area contributed by atoms with Gasteiger partial charge in [0.2, 0.25) is 0 Å². The summed E-state index contributed by atoms with van der Waals surface area (Å²) in [7, 11) is 0. The first-order valence-corrected chi connectivity index (χ1v) is 8.33. The van der Waals surface area contributed by atoms with Gasteiger partial charge in [-0.1, -0.05) is 37.6 Å². The van der Waals surface area contributed by atoms with Gasteiger partial charge in [-0.2, -0.15) is 0 Å². The number of benzene rings is 1. The molecule has 0 amide bonds. The van der Waals surface area contributed by atoms with Crippen molar-refractivity contribution in [1.82, 2.24) is 4.90 Å². The lowest BCUT2D eigenvalue weighted by molar-refractivity contribution is 0.00235. The second-order valence-electron chi connectivity index (χ2n) is 6.40. The first-order valence-electron chi connectivity index (χ1n) is 8.33. The number of nitrogens with zero attached hydrogens (tertiary/aromatic N) is 1. The van der Waals surface area contributed by atoms with Crippen LogP contribution in [-0.4, -0.2) is 28.6 Å². The lowest BCUT2D eigenvalue weighted by Gasteiger charge is -2.42. The average Bonchev–Trinajstić information content (AvgIpc) is 2.67. The topological polar surface area (TPSA) is 23.5 Å². The molecule has 1 saturated heterocycles. The molecule has 1 fully saturated rings. The molecule has 2 nitrogen and oxygen atoms in total. The van der Waals surface area contributed by atoms with E-state index in [4.69, 9.17) is 0 Å². The van der Waals surface area contributed by atoms with E-state index in [1.807, 2.05) is 0 Å². The molecular weight excluding hydrogens is 246 g/mol. The summed E-state index contributed by atoms with van der Waals surface area (Å²) in [5.74, 6) is 0. The molecule has 2 heteroatoms. The van der Waals surface area contributed by atoms with Crippen LogP contribution in [0.1, 0.15) is 62.7 Å². The molecule has 1 aliphatic carbocycles. The highest BCUT2D eigenvalue weighted by Gasteiger charge is 2.34. The van der Waals surface area contributed by atoms with Crippen molar-refractivity contribution in [1.29, 1.82) is 0 Å². The molecule has 0 spiro atoms. The van der Waals surface area contributed by atoms with E-state index in [2.05, 4.69) is 36.1 Å². The second-order valence-corrected chi connectivity index (χ2v) is 6.40. The summed E-state index contributed by atoms with van der Waals surface area (Å²) in [4.78, 5) is 2.62. The van der Waals surface area contributed by atoms with Crippen LogP contribution in [0.25, 0.3) is 0 Å². The molecule has 2 aliphatic rings. The first-order chi connectivity index (χ1) is 9.81. The van der Waals surface area contributed by atoms with Crippen LogP contribution in [0.3, 0.4) is 0 Å². The zero-order valence-corrected chi connectivity index (χ0v) is 12.6. The molecular formula is C18H27NO. The molecule has 1 aromatic rings. The van der Waals surface area contributed by atoms with Crippen molar-refractivity contribution in [3.8, 4) is 0 Å². The zero-order chi connectivity index (χ0) is 13.9. The number of rotatable bonds is 2. The Kier molecular flexibility index (Phi) is 4.42. The Morgan fingerprint density at radius 3 is 2.85 bits per heavy atom. The third kappa shape index (κ3) is 2.64. The molecule has 0 radical (unpaired) electrons. The van der Waals surface area contributed by atoms with Crippen LogP contribution >= 0.6 is 0 Å². The summed E-state index contributed by atoms with van der Waals surface area (Å²) in [5, 5.41) is 10.9. The van der Waals surface area contributed by atoms with Gasteiger partial charge in [0, 0.05) is 12.1 Å². The number of hydrogen-bond acceptors (Lipinski definition) is 2. The number of hydrogen-bond donors (Lipinski definition) is 1. The summed E-state index contributed by atoms with van der Waals surface area (Å²) in [5.41, 5.74) is 2.53. The van der Waals surface area contributed by atoms with E-state index in [1.165, 1.54) is 49.8 Å². The monoisotopic (exact) mass is 273 g/mol. The van der Waals surface area contributed by atoms with Gasteiger partial charge in [0.15, 0.2) is 0 Å². The largest absolute Gasteiger partial charge is 0.387 e. The standard InChI is InChI=1S/C18H27NO/c1-2-15-10-5-6-13-19(15)17-12-7-9-14-8-3-4-11-16(14)18(17)20/h3-4,8,11,15,17-18,20H,2,5-7,9-10,12-13H2,1H3. The molecule has 1 heterocycles. The molecule has 3 rings (SSSR count). The van der Waals surface area contributed by atoms with E-state index >= 15 is 0 Å². The summed E-state index contributed by atoms with van der Waals surface area (Å²) < 4.78 is 0. The number of aliphatic hydroxyl groups is 1. The van der Waals surface area contributed by atoms with Crippen molar-refractivity contribution in [2.45, 2.75) is 70.1 Å². The lowest BCUT2D eigenvalue weighted by Crippen LogP contribution is -2.48. The fourth-order valence-electron chi connectivity index (χ4n) is 4.16. The van der Waals surface area contributed by atoms with Crippen molar-refractivity contribution >= 4 is 0 Å². The summed E-state index contributed by atoms with van der Waals surface area (Å²) in [6.07, 6.45) is 8.31. The third-order valence-corrected chi connectivity index (χ3v) is 5.25. The predicted molar refractivity (Wildman–Crippen MR) is 82.8 cm³/mol. The molecule has 1 N–H and O–H groups in total. The van der Waals surface area contributed by atoms with E-state index < -0.39 is 0 Å². The minimum absolute atomic E-state index is 0.305. The Morgan fingerprint density at radius 1 is 1.15 bits per heavy atom. The molecule has 110 valence electrons. The number of piperidine rings is 1. The van der Waals surface area contributed by atoms with Gasteiger partial charge < -0.3 is 5.11 Å². The van der Waals surface area contributed by atoms with Crippen molar-refractivity contribution in [2.24, 2.45) is 0 Å². The van der Waals surface area contributed by atoms with E-state index in [1.54, 1.807) is 0 Å². The molecule has 3 atom stereocenters. The van der Waals surface area contributed by atoms with Gasteiger partial charge in [-0.3, -0.25) is 4.90 Å². The van der Waals surface area contributed by atoms with Gasteiger partial charge in [-0.25, -0.2) is 0 Å². The van der Waals surface area contributed by atoms with Crippen LogP contribution in [0.5, 0.6) is 0 Å². The van der Waals surface area contributed by atoms with Gasteiger partial charge >= 0.3 is 0 Å². The van der Waals surface area contributed by atoms with Crippen LogP contribution in [-0.2, 0) is 6.42 Å². The second kappa shape index (κ2) is 6.28. The predicted octanol–water partition coefficient (Wildman–Crippen LogP) is 3.69. The number of fused-ring (bicyclic) bond motifs is 1. The highest BCUT2D eigenvalue weighted by molar-refractivity contribution is 5.31. The third-order valence-electron chi connectivity index (χ3n) is 5.25. The summed E-state index contributed by atoms with van der Waals surface area (Å²) in [6, 6.07) is 9.48. The van der Waals surface area contributed by atoms with E-state index in [9.17, 15) is 5.11 Å². The smallest absolute Gasteiger partial charge is 0.0947 e. The molecule has 0 saturated carbocycles. The molecule has 3 unspecified atom stereocenters. The summed E-state index contributed by atoms with van der Waals surface area (Å²) >= 11 is 0. The highest BCUT2D eigenvalue weighted by Crippen LogP contribution is 2.35. The normalized spacial score (nSPS) is 31.6. The molecule has 0 aromatic heterocycles. The lowest BCUT2D eigenvalue weighted by atomic mass is 9.92. The fraction of sp³-hybridized carbons (Fsp3) is 0.667. The van der Waals surface area contributed by atoms with Crippen molar-refractivity contribution in [2.75, 3.05) is 6.54 Å². The van der Waals surface area contributed by atoms with Crippen molar-refractivity contribution < 1.29 is 5.11 Å². The van der Waals surface area contributed by atoms with Crippen LogP contribution in [0.4, 0.5) is 0 Å². The van der Waals surface area contributed by atoms with Gasteiger partial charge in [-0.15, -0.1) is 0 Å². The van der Waals surface area contributed by atoms with Gasteiger partial charge in [0.1, 0.15) is 0 Å². The first kappa shape index (κ1) is 14.1. The minimum Gasteiger partial charge on any atom is -0.387 e. The van der Waals surface area contributed by atoms with Crippen LogP contribution < -0.4 is 0 Å². The van der Waals surface area contributed by atoms with E-state index in [-0.39, 0.29) is 6.10 Å². The maximum Gasteiger partial charge on any atom is 0.0947 e. The number of aliphatic hydroxyl groups excluding tert-OH is 1. The Hall–Kier alpha value is -0.860. The van der Waals surface area contributed by atoms with Crippen LogP contribution in [0, 0.1) is 0 Å². The van der Waals surface area contributed by atoms with Gasteiger partial charge in [0.25, 0.3) is 0 Å². The Balaban J connectivity index is 1.86. The van der Waals surface area contributed by atoms with Gasteiger partial charge in [-0.05, 0) is 56.2 Å². The molecule has 20 heavy (non-hydrogen) atoms. The SMILES string of the molecule is CCC1CCCCN1C1CCCc2ccccc2C1O. The number of aryl methyl sites for hydroxylation is 1. The van der Waals surface area contributed by atoms with Crippen molar-refractivity contribution in [3.05, 3.63) is 35.4 Å². The van der Waals surface area contributed by atoms with Crippen molar-refractivity contribution in [3.63, 3.8) is 0 Å². The minimum atomic E-state index is -0.305. The Morgan fingerprint density at radius 2 is 2.00 bits per heavy atom. The zero-order valence-electron chi connectivity index (χ0n) is 12.6. The Bertz CT molecular complexity index is 445.